The molecule has 2 aromatic carbocycles. The Morgan fingerprint density at radius 2 is 1.89 bits per heavy atom. The Bertz CT molecular complexity index is 1660. The fourth-order valence-electron chi connectivity index (χ4n) is 5.37. The van der Waals surface area contributed by atoms with Crippen LogP contribution < -0.4 is 9.47 Å². The van der Waals surface area contributed by atoms with Crippen molar-refractivity contribution in [1.82, 2.24) is 24.4 Å². The van der Waals surface area contributed by atoms with Gasteiger partial charge in [-0.3, -0.25) is 4.90 Å². The van der Waals surface area contributed by atoms with Crippen molar-refractivity contribution in [1.29, 1.82) is 0 Å². The van der Waals surface area contributed by atoms with Gasteiger partial charge in [-0.1, -0.05) is 0 Å². The van der Waals surface area contributed by atoms with Crippen molar-refractivity contribution < 1.29 is 41.7 Å². The number of fused-ring (bicyclic) bond motifs is 1. The maximum Gasteiger partial charge on any atom is 0.335 e. The summed E-state index contributed by atoms with van der Waals surface area (Å²) in [6, 6.07) is 9.17. The van der Waals surface area contributed by atoms with Gasteiger partial charge in [0.25, 0.3) is 0 Å². The van der Waals surface area contributed by atoms with E-state index < -0.39 is 29.4 Å². The molecule has 2 aliphatic rings. The minimum absolute atomic E-state index is 0.0350. The average molecular weight is 616 g/mol. The molecule has 0 spiro atoms. The number of halogens is 4. The van der Waals surface area contributed by atoms with E-state index in [-0.39, 0.29) is 49.6 Å². The quantitative estimate of drug-likeness (QED) is 0.240. The van der Waals surface area contributed by atoms with E-state index in [4.69, 9.17) is 19.2 Å². The number of alkyl halides is 2. The zero-order chi connectivity index (χ0) is 30.8. The Hall–Kier alpha value is -4.30. The highest BCUT2D eigenvalue weighted by Gasteiger charge is 2.48. The van der Waals surface area contributed by atoms with Gasteiger partial charge < -0.3 is 23.9 Å². The monoisotopic (exact) mass is 615 g/mol. The lowest BCUT2D eigenvalue weighted by Crippen LogP contribution is -2.51. The Morgan fingerprint density at radius 1 is 1.09 bits per heavy atom. The molecule has 2 fully saturated rings. The maximum absolute atomic E-state index is 14.0. The van der Waals surface area contributed by atoms with Crippen LogP contribution in [0.15, 0.2) is 48.7 Å². The van der Waals surface area contributed by atoms with E-state index in [0.29, 0.717) is 55.2 Å². The highest BCUT2D eigenvalue weighted by molar-refractivity contribution is 5.92. The molecule has 232 valence electrons. The van der Waals surface area contributed by atoms with Crippen molar-refractivity contribution in [3.05, 3.63) is 77.5 Å². The lowest BCUT2D eigenvalue weighted by atomic mass is 9.86. The predicted octanol–water partition coefficient (Wildman–Crippen LogP) is 4.71. The van der Waals surface area contributed by atoms with Crippen LogP contribution in [0, 0.1) is 17.0 Å². The summed E-state index contributed by atoms with van der Waals surface area (Å²) in [5.41, 5.74) is -0.257. The molecule has 0 atom stereocenters. The summed E-state index contributed by atoms with van der Waals surface area (Å²) in [6.07, 6.45) is 0.0890. The molecule has 6 rings (SSSR count). The first-order valence-corrected chi connectivity index (χ1v) is 14.1. The molecule has 0 radical (unpaired) electrons. The predicted molar refractivity (Wildman–Crippen MR) is 148 cm³/mol. The van der Waals surface area contributed by atoms with Crippen LogP contribution in [0.4, 0.5) is 17.6 Å². The zero-order valence-electron chi connectivity index (χ0n) is 23.5. The minimum atomic E-state index is -2.60. The summed E-state index contributed by atoms with van der Waals surface area (Å²) in [4.78, 5) is 26.9. The second kappa shape index (κ2) is 12.4. The third-order valence-corrected chi connectivity index (χ3v) is 7.91. The molecule has 0 aliphatic carbocycles. The number of piperidine rings is 1. The van der Waals surface area contributed by atoms with Crippen LogP contribution in [-0.4, -0.2) is 74.3 Å². The number of aromatic nitrogens is 4. The van der Waals surface area contributed by atoms with Crippen molar-refractivity contribution in [3.63, 3.8) is 0 Å². The molecule has 2 aromatic heterocycles. The Balaban J connectivity index is 1.10. The van der Waals surface area contributed by atoms with Crippen LogP contribution in [0.1, 0.15) is 34.8 Å². The first kappa shape index (κ1) is 29.8. The van der Waals surface area contributed by atoms with Gasteiger partial charge in [-0.2, -0.15) is 4.98 Å². The normalized spacial score (nSPS) is 17.1. The molecule has 0 bridgehead atoms. The van der Waals surface area contributed by atoms with Gasteiger partial charge in [-0.25, -0.2) is 32.3 Å². The van der Waals surface area contributed by atoms with E-state index in [0.717, 1.165) is 12.1 Å². The van der Waals surface area contributed by atoms with E-state index in [1.165, 1.54) is 24.4 Å². The topological polar surface area (TPSA) is 112 Å². The summed E-state index contributed by atoms with van der Waals surface area (Å²) >= 11 is 0. The van der Waals surface area contributed by atoms with Gasteiger partial charge in [0.15, 0.2) is 17.4 Å². The molecule has 2 aliphatic heterocycles. The van der Waals surface area contributed by atoms with E-state index in [9.17, 15) is 27.5 Å². The number of carboxylic acids is 1. The number of aromatic carboxylic acids is 1. The Labute approximate surface area is 249 Å². The molecule has 0 unspecified atom stereocenters. The standard InChI is InChI=1S/C30H29F4N5O5/c31-19-2-4-24(21(32)12-19)43-14-25-35-8-5-27(37-25)44-20-6-9-38(10-7-20)13-26-36-22-3-1-18(28(40)41)11-23(22)39(26)15-30(29(33)34)16-42-17-30/h1-5,8,11-12,20,29H,6-7,9-10,13-17H2,(H,40,41). The second-order valence-corrected chi connectivity index (χ2v) is 11.0. The van der Waals surface area contributed by atoms with Crippen LogP contribution >= 0.6 is 0 Å². The number of nitrogens with zero attached hydrogens (tertiary/aromatic N) is 5. The van der Waals surface area contributed by atoms with Gasteiger partial charge in [0.2, 0.25) is 12.3 Å². The van der Waals surface area contributed by atoms with E-state index in [1.54, 1.807) is 16.7 Å². The van der Waals surface area contributed by atoms with Crippen molar-refractivity contribution in [3.8, 4) is 11.6 Å². The van der Waals surface area contributed by atoms with Crippen LogP contribution in [0.25, 0.3) is 11.0 Å². The molecular weight excluding hydrogens is 586 g/mol. The van der Waals surface area contributed by atoms with Crippen LogP contribution in [-0.2, 0) is 24.4 Å². The Kier molecular flexibility index (Phi) is 8.36. The highest BCUT2D eigenvalue weighted by atomic mass is 19.3. The van der Waals surface area contributed by atoms with Crippen molar-refractivity contribution in [2.75, 3.05) is 26.3 Å². The fourth-order valence-corrected chi connectivity index (χ4v) is 5.37. The number of ether oxygens (including phenoxy) is 3. The van der Waals surface area contributed by atoms with Gasteiger partial charge in [0.05, 0.1) is 41.8 Å². The van der Waals surface area contributed by atoms with Gasteiger partial charge in [-0.05, 0) is 43.2 Å². The van der Waals surface area contributed by atoms with Crippen molar-refractivity contribution >= 4 is 17.0 Å². The summed E-state index contributed by atoms with van der Waals surface area (Å²) in [6.45, 7) is 1.35. The number of hydrogen-bond donors (Lipinski definition) is 1. The molecule has 1 N–H and O–H groups in total. The molecule has 4 aromatic rings. The number of carboxylic acid groups (broad SMARTS) is 1. The summed E-state index contributed by atoms with van der Waals surface area (Å²) in [5.74, 6) is -1.56. The van der Waals surface area contributed by atoms with Crippen molar-refractivity contribution in [2.24, 2.45) is 5.41 Å². The largest absolute Gasteiger partial charge is 0.483 e. The summed E-state index contributed by atoms with van der Waals surface area (Å²) in [5, 5.41) is 9.49. The molecule has 2 saturated heterocycles. The van der Waals surface area contributed by atoms with E-state index >= 15 is 0 Å². The van der Waals surface area contributed by atoms with Crippen LogP contribution in [0.3, 0.4) is 0 Å². The molecule has 44 heavy (non-hydrogen) atoms. The molecule has 10 nitrogen and oxygen atoms in total. The van der Waals surface area contributed by atoms with Gasteiger partial charge >= 0.3 is 5.97 Å². The average Bonchev–Trinajstić information content (AvgIpc) is 3.31. The third-order valence-electron chi connectivity index (χ3n) is 7.91. The number of rotatable bonds is 11. The molecule has 0 saturated carbocycles. The molecule has 14 heteroatoms. The second-order valence-electron chi connectivity index (χ2n) is 11.0. The number of imidazole rings is 1. The van der Waals surface area contributed by atoms with Gasteiger partial charge in [0.1, 0.15) is 24.4 Å². The molecule has 4 heterocycles. The lowest BCUT2D eigenvalue weighted by molar-refractivity contribution is -0.192. The third kappa shape index (κ3) is 6.31. The number of hydrogen-bond acceptors (Lipinski definition) is 8. The fraction of sp³-hybridized carbons (Fsp3) is 0.400. The van der Waals surface area contributed by atoms with Crippen molar-refractivity contribution in [2.45, 2.75) is 45.1 Å². The smallest absolute Gasteiger partial charge is 0.335 e. The Morgan fingerprint density at radius 3 is 2.57 bits per heavy atom. The maximum atomic E-state index is 14.0. The molecular formula is C30H29F4N5O5. The minimum Gasteiger partial charge on any atom is -0.483 e. The van der Waals surface area contributed by atoms with E-state index in [1.807, 2.05) is 0 Å². The number of carbonyl (C=O) groups is 1. The van der Waals surface area contributed by atoms with Crippen LogP contribution in [0.5, 0.6) is 11.6 Å². The summed E-state index contributed by atoms with van der Waals surface area (Å²) < 4.78 is 73.4. The van der Waals surface area contributed by atoms with Crippen LogP contribution in [0.2, 0.25) is 0 Å². The van der Waals surface area contributed by atoms with E-state index in [2.05, 4.69) is 14.9 Å². The first-order chi connectivity index (χ1) is 21.2. The first-order valence-electron chi connectivity index (χ1n) is 14.1. The number of benzene rings is 2. The molecule has 0 amide bonds. The van der Waals surface area contributed by atoms with Gasteiger partial charge in [0, 0.05) is 38.0 Å². The zero-order valence-corrected chi connectivity index (χ0v) is 23.5. The SMILES string of the molecule is O=C(O)c1ccc2nc(CN3CCC(Oc4ccnc(COc5ccc(F)cc5F)n4)CC3)n(CC3(C(F)F)COC3)c2c1. The highest BCUT2D eigenvalue weighted by Crippen LogP contribution is 2.38. The number of likely N-dealkylation sites (tertiary alicyclic amines) is 1. The lowest BCUT2D eigenvalue weighted by Gasteiger charge is -2.41. The van der Waals surface area contributed by atoms with Gasteiger partial charge in [-0.15, -0.1) is 0 Å². The summed E-state index contributed by atoms with van der Waals surface area (Å²) in [7, 11) is 0.